The molecule has 1 aromatic carbocycles. The fraction of sp³-hybridized carbons (Fsp3) is 0.222. The Labute approximate surface area is 156 Å². The summed E-state index contributed by atoms with van der Waals surface area (Å²) in [6.45, 7) is 5.13. The van der Waals surface area contributed by atoms with Gasteiger partial charge in [-0.15, -0.1) is 11.3 Å². The number of aromatic nitrogens is 2. The van der Waals surface area contributed by atoms with E-state index in [2.05, 4.69) is 9.71 Å². The zero-order valence-corrected chi connectivity index (χ0v) is 16.5. The standard InChI is InChI=1S/C18H19N3O3S2/c1-11-10-25-18(19-11)16-9-17(12(2)21(16)4)26(23,24)20-15-7-5-14(6-8-15)13(3)22/h5-10,20H,1-4H3. The molecule has 136 valence electrons. The number of nitrogens with zero attached hydrogens (tertiary/aromatic N) is 2. The lowest BCUT2D eigenvalue weighted by atomic mass is 10.1. The highest BCUT2D eigenvalue weighted by atomic mass is 32.2. The second-order valence-corrected chi connectivity index (χ2v) is 8.58. The monoisotopic (exact) mass is 389 g/mol. The molecule has 0 aliphatic heterocycles. The van der Waals surface area contributed by atoms with Crippen molar-refractivity contribution in [1.82, 2.24) is 9.55 Å². The first-order valence-corrected chi connectivity index (χ1v) is 10.3. The number of rotatable bonds is 5. The van der Waals surface area contributed by atoms with Crippen molar-refractivity contribution in [1.29, 1.82) is 0 Å². The Morgan fingerprint density at radius 3 is 2.38 bits per heavy atom. The van der Waals surface area contributed by atoms with Gasteiger partial charge in [0.2, 0.25) is 0 Å². The molecule has 0 bridgehead atoms. The van der Waals surface area contributed by atoms with Gasteiger partial charge in [-0.1, -0.05) is 0 Å². The number of benzene rings is 1. The van der Waals surface area contributed by atoms with Crippen LogP contribution in [0.2, 0.25) is 0 Å². The molecule has 0 unspecified atom stereocenters. The van der Waals surface area contributed by atoms with Gasteiger partial charge < -0.3 is 4.57 Å². The highest BCUT2D eigenvalue weighted by molar-refractivity contribution is 7.92. The van der Waals surface area contributed by atoms with Crippen molar-refractivity contribution in [3.63, 3.8) is 0 Å². The lowest BCUT2D eigenvalue weighted by Gasteiger charge is -2.08. The van der Waals surface area contributed by atoms with Gasteiger partial charge in [-0.3, -0.25) is 9.52 Å². The maximum Gasteiger partial charge on any atom is 0.263 e. The fourth-order valence-electron chi connectivity index (χ4n) is 2.60. The zero-order chi connectivity index (χ0) is 19.1. The molecule has 1 N–H and O–H groups in total. The third-order valence-corrected chi connectivity index (χ3v) is 6.64. The van der Waals surface area contributed by atoms with E-state index in [9.17, 15) is 13.2 Å². The SMILES string of the molecule is CC(=O)c1ccc(NS(=O)(=O)c2cc(-c3nc(C)cs3)n(C)c2C)cc1. The number of nitrogens with one attached hydrogen (secondary N) is 1. The minimum absolute atomic E-state index is 0.0679. The van der Waals surface area contributed by atoms with Crippen LogP contribution in [0.3, 0.4) is 0 Å². The van der Waals surface area contributed by atoms with Gasteiger partial charge in [0.05, 0.1) is 5.69 Å². The fourth-order valence-corrected chi connectivity index (χ4v) is 4.80. The van der Waals surface area contributed by atoms with Gasteiger partial charge in [0, 0.05) is 35.1 Å². The van der Waals surface area contributed by atoms with Crippen LogP contribution < -0.4 is 4.72 Å². The van der Waals surface area contributed by atoms with Crippen LogP contribution in [0.5, 0.6) is 0 Å². The molecule has 3 rings (SSSR count). The van der Waals surface area contributed by atoms with Crippen LogP contribution >= 0.6 is 11.3 Å². The smallest absolute Gasteiger partial charge is 0.263 e. The quantitative estimate of drug-likeness (QED) is 0.674. The summed E-state index contributed by atoms with van der Waals surface area (Å²) in [5.74, 6) is -0.0679. The summed E-state index contributed by atoms with van der Waals surface area (Å²) in [5.41, 5.74) is 3.22. The lowest BCUT2D eigenvalue weighted by molar-refractivity contribution is 0.101. The van der Waals surface area contributed by atoms with E-state index >= 15 is 0 Å². The van der Waals surface area contributed by atoms with Crippen molar-refractivity contribution < 1.29 is 13.2 Å². The second-order valence-electron chi connectivity index (χ2n) is 6.07. The van der Waals surface area contributed by atoms with Gasteiger partial charge >= 0.3 is 0 Å². The zero-order valence-electron chi connectivity index (χ0n) is 14.9. The van der Waals surface area contributed by atoms with E-state index < -0.39 is 10.0 Å². The number of hydrogen-bond donors (Lipinski definition) is 1. The Hall–Kier alpha value is -2.45. The maximum atomic E-state index is 12.8. The summed E-state index contributed by atoms with van der Waals surface area (Å²) in [6, 6.07) is 8.00. The van der Waals surface area contributed by atoms with Crippen molar-refractivity contribution in [2.45, 2.75) is 25.7 Å². The summed E-state index contributed by atoms with van der Waals surface area (Å²) >= 11 is 1.48. The number of Topliss-reactive ketones (excluding diaryl/α,β-unsaturated/α-hetero) is 1. The molecule has 0 aliphatic rings. The Morgan fingerprint density at radius 1 is 1.19 bits per heavy atom. The molecule has 0 fully saturated rings. The summed E-state index contributed by atoms with van der Waals surface area (Å²) < 4.78 is 30.1. The molecule has 8 heteroatoms. The molecule has 0 amide bonds. The van der Waals surface area contributed by atoms with E-state index in [0.29, 0.717) is 16.9 Å². The molecule has 0 saturated carbocycles. The van der Waals surface area contributed by atoms with Gasteiger partial charge in [0.15, 0.2) is 5.78 Å². The molecule has 0 aliphatic carbocycles. The summed E-state index contributed by atoms with van der Waals surface area (Å²) in [4.78, 5) is 16.0. The van der Waals surface area contributed by atoms with E-state index in [1.807, 2.05) is 23.9 Å². The molecule has 0 atom stereocenters. The number of sulfonamides is 1. The Kier molecular flexibility index (Phi) is 4.72. The highest BCUT2D eigenvalue weighted by Crippen LogP contribution is 2.30. The van der Waals surface area contributed by atoms with E-state index in [4.69, 9.17) is 0 Å². The average molecular weight is 390 g/mol. The van der Waals surface area contributed by atoms with Crippen molar-refractivity contribution in [2.24, 2.45) is 7.05 Å². The lowest BCUT2D eigenvalue weighted by Crippen LogP contribution is -2.14. The first kappa shape index (κ1) is 18.3. The topological polar surface area (TPSA) is 81.1 Å². The van der Waals surface area contributed by atoms with Crippen molar-refractivity contribution in [3.8, 4) is 10.7 Å². The van der Waals surface area contributed by atoms with Gasteiger partial charge in [0.1, 0.15) is 9.90 Å². The number of aryl methyl sites for hydroxylation is 1. The minimum Gasteiger partial charge on any atom is -0.345 e. The van der Waals surface area contributed by atoms with Crippen molar-refractivity contribution in [3.05, 3.63) is 52.7 Å². The number of carbonyl (C=O) groups is 1. The third-order valence-electron chi connectivity index (χ3n) is 4.16. The molecular formula is C18H19N3O3S2. The number of ketones is 1. The van der Waals surface area contributed by atoms with Gasteiger partial charge in [-0.2, -0.15) is 0 Å². The largest absolute Gasteiger partial charge is 0.345 e. The molecule has 0 radical (unpaired) electrons. The van der Waals surface area contributed by atoms with Crippen molar-refractivity contribution in [2.75, 3.05) is 4.72 Å². The number of thiazole rings is 1. The van der Waals surface area contributed by atoms with Gasteiger partial charge in [-0.25, -0.2) is 13.4 Å². The number of anilines is 1. The van der Waals surface area contributed by atoms with E-state index in [-0.39, 0.29) is 10.7 Å². The van der Waals surface area contributed by atoms with E-state index in [1.54, 1.807) is 37.3 Å². The first-order chi connectivity index (χ1) is 12.2. The molecule has 2 aromatic heterocycles. The second kappa shape index (κ2) is 6.69. The Morgan fingerprint density at radius 2 is 1.85 bits per heavy atom. The average Bonchev–Trinajstić information content (AvgIpc) is 3.12. The van der Waals surface area contributed by atoms with Crippen LogP contribution in [0.15, 0.2) is 40.6 Å². The van der Waals surface area contributed by atoms with Crippen LogP contribution in [0.1, 0.15) is 28.7 Å². The normalized spacial score (nSPS) is 11.5. The Balaban J connectivity index is 1.95. The number of hydrogen-bond acceptors (Lipinski definition) is 5. The van der Waals surface area contributed by atoms with Gasteiger partial charge in [0.25, 0.3) is 10.0 Å². The molecule has 3 aromatic rings. The maximum absolute atomic E-state index is 12.8. The van der Waals surface area contributed by atoms with E-state index in [1.165, 1.54) is 18.3 Å². The van der Waals surface area contributed by atoms with Crippen molar-refractivity contribution >= 4 is 32.8 Å². The third kappa shape index (κ3) is 3.42. The van der Waals surface area contributed by atoms with Crippen LogP contribution in [0, 0.1) is 13.8 Å². The molecule has 26 heavy (non-hydrogen) atoms. The predicted molar refractivity (Wildman–Crippen MR) is 103 cm³/mol. The molecular weight excluding hydrogens is 370 g/mol. The summed E-state index contributed by atoms with van der Waals surface area (Å²) in [6.07, 6.45) is 0. The van der Waals surface area contributed by atoms with Crippen LogP contribution in [-0.4, -0.2) is 23.8 Å². The first-order valence-electron chi connectivity index (χ1n) is 7.91. The molecule has 2 heterocycles. The van der Waals surface area contributed by atoms with E-state index in [0.717, 1.165) is 16.4 Å². The van der Waals surface area contributed by atoms with Crippen LogP contribution in [0.4, 0.5) is 5.69 Å². The highest BCUT2D eigenvalue weighted by Gasteiger charge is 2.23. The number of carbonyl (C=O) groups excluding carboxylic acids is 1. The molecule has 6 nitrogen and oxygen atoms in total. The Bertz CT molecular complexity index is 1080. The minimum atomic E-state index is -3.76. The summed E-state index contributed by atoms with van der Waals surface area (Å²) in [7, 11) is -1.94. The molecule has 0 spiro atoms. The van der Waals surface area contributed by atoms with Crippen LogP contribution in [0.25, 0.3) is 10.7 Å². The van der Waals surface area contributed by atoms with Crippen LogP contribution in [-0.2, 0) is 17.1 Å². The van der Waals surface area contributed by atoms with Gasteiger partial charge in [-0.05, 0) is 51.1 Å². The predicted octanol–water partition coefficient (Wildman–Crippen LogP) is 3.77. The summed E-state index contributed by atoms with van der Waals surface area (Å²) in [5, 5.41) is 2.71. The molecule has 0 saturated heterocycles.